The molecule has 5 atom stereocenters. The van der Waals surface area contributed by atoms with Gasteiger partial charge in [0.2, 0.25) is 0 Å². The minimum atomic E-state index is -0.739. The van der Waals surface area contributed by atoms with E-state index in [9.17, 15) is 19.5 Å². The Bertz CT molecular complexity index is 851. The third-order valence-corrected chi connectivity index (χ3v) is 5.39. The van der Waals surface area contributed by atoms with E-state index in [1.54, 1.807) is 19.1 Å². The molecular formula is C22H26O8. The molecule has 0 aromatic carbocycles. The van der Waals surface area contributed by atoms with Crippen LogP contribution in [0.15, 0.2) is 47.6 Å². The second-order valence-corrected chi connectivity index (χ2v) is 7.98. The Morgan fingerprint density at radius 1 is 1.40 bits per heavy atom. The van der Waals surface area contributed by atoms with Gasteiger partial charge < -0.3 is 24.1 Å². The van der Waals surface area contributed by atoms with Crippen LogP contribution < -0.4 is 0 Å². The van der Waals surface area contributed by atoms with Gasteiger partial charge >= 0.3 is 17.9 Å². The third kappa shape index (κ3) is 4.88. The predicted octanol–water partition coefficient (Wildman–Crippen LogP) is 1.54. The van der Waals surface area contributed by atoms with E-state index in [2.05, 4.69) is 6.58 Å². The number of fused-ring (bicyclic) bond motifs is 2. The van der Waals surface area contributed by atoms with Gasteiger partial charge in [-0.05, 0) is 31.1 Å². The molecule has 2 heterocycles. The van der Waals surface area contributed by atoms with Crippen LogP contribution in [0, 0.1) is 5.92 Å². The van der Waals surface area contributed by atoms with Gasteiger partial charge in [0, 0.05) is 25.0 Å². The zero-order valence-corrected chi connectivity index (χ0v) is 17.3. The number of carbonyl (C=O) groups is 3. The average Bonchev–Trinajstić information content (AvgIpc) is 3.22. The van der Waals surface area contributed by atoms with Crippen LogP contribution in [-0.4, -0.2) is 60.1 Å². The molecular weight excluding hydrogens is 392 g/mol. The summed E-state index contributed by atoms with van der Waals surface area (Å²) in [4.78, 5) is 35.7. The number of hydrogen-bond acceptors (Lipinski definition) is 8. The molecule has 3 rings (SSSR count). The minimum absolute atomic E-state index is 0.0221. The molecule has 3 aliphatic rings. The summed E-state index contributed by atoms with van der Waals surface area (Å²) in [5, 5.41) is 9.63. The van der Waals surface area contributed by atoms with Gasteiger partial charge in [0.25, 0.3) is 0 Å². The highest BCUT2D eigenvalue weighted by Crippen LogP contribution is 2.46. The monoisotopic (exact) mass is 418 g/mol. The molecule has 0 amide bonds. The van der Waals surface area contributed by atoms with Crippen molar-refractivity contribution in [2.75, 3.05) is 13.2 Å². The Labute approximate surface area is 174 Å². The van der Waals surface area contributed by atoms with Crippen LogP contribution in [0.1, 0.15) is 27.2 Å². The first kappa shape index (κ1) is 22.0. The maximum absolute atomic E-state index is 12.5. The minimum Gasteiger partial charge on any atom is -0.461 e. The highest BCUT2D eigenvalue weighted by atomic mass is 16.6. The topological polar surface area (TPSA) is 112 Å². The van der Waals surface area contributed by atoms with Crippen molar-refractivity contribution in [1.82, 2.24) is 0 Å². The Morgan fingerprint density at radius 2 is 2.13 bits per heavy atom. The first-order valence-corrected chi connectivity index (χ1v) is 9.71. The van der Waals surface area contributed by atoms with E-state index in [0.717, 1.165) is 0 Å². The van der Waals surface area contributed by atoms with Crippen molar-refractivity contribution in [3.8, 4) is 0 Å². The fraction of sp³-hybridized carbons (Fsp3) is 0.500. The van der Waals surface area contributed by atoms with Crippen LogP contribution in [-0.2, 0) is 33.3 Å². The number of ether oxygens (including phenoxy) is 4. The number of aliphatic hydroxyl groups excluding tert-OH is 1. The summed E-state index contributed by atoms with van der Waals surface area (Å²) in [5.74, 6) is -2.26. The van der Waals surface area contributed by atoms with Crippen molar-refractivity contribution in [2.45, 2.75) is 51.1 Å². The van der Waals surface area contributed by atoms with Gasteiger partial charge in [-0.15, -0.1) is 0 Å². The Balaban J connectivity index is 1.86. The molecule has 5 unspecified atom stereocenters. The normalized spacial score (nSPS) is 33.1. The fourth-order valence-electron chi connectivity index (χ4n) is 3.71. The second-order valence-electron chi connectivity index (χ2n) is 7.98. The van der Waals surface area contributed by atoms with Crippen molar-refractivity contribution in [3.05, 3.63) is 47.6 Å². The molecule has 0 aromatic heterocycles. The highest BCUT2D eigenvalue weighted by molar-refractivity contribution is 5.91. The third-order valence-electron chi connectivity index (χ3n) is 5.39. The second kappa shape index (κ2) is 8.57. The van der Waals surface area contributed by atoms with E-state index in [4.69, 9.17) is 18.9 Å². The number of hydrogen-bond donors (Lipinski definition) is 1. The molecule has 0 bridgehead atoms. The van der Waals surface area contributed by atoms with Crippen molar-refractivity contribution < 1.29 is 38.4 Å². The zero-order valence-electron chi connectivity index (χ0n) is 17.3. The van der Waals surface area contributed by atoms with Crippen LogP contribution in [0.25, 0.3) is 0 Å². The number of esters is 3. The van der Waals surface area contributed by atoms with Crippen LogP contribution >= 0.6 is 0 Å². The van der Waals surface area contributed by atoms with Gasteiger partial charge in [0.05, 0.1) is 18.1 Å². The largest absolute Gasteiger partial charge is 0.461 e. The quantitative estimate of drug-likeness (QED) is 0.310. The summed E-state index contributed by atoms with van der Waals surface area (Å²) in [6, 6.07) is 0. The summed E-state index contributed by atoms with van der Waals surface area (Å²) in [6.45, 7) is 8.39. The van der Waals surface area contributed by atoms with E-state index in [0.29, 0.717) is 17.6 Å². The van der Waals surface area contributed by atoms with E-state index in [1.807, 2.05) is 13.0 Å². The van der Waals surface area contributed by atoms with Gasteiger partial charge in [-0.1, -0.05) is 18.7 Å². The van der Waals surface area contributed by atoms with Crippen molar-refractivity contribution in [2.24, 2.45) is 5.92 Å². The van der Waals surface area contributed by atoms with E-state index >= 15 is 0 Å². The molecule has 2 fully saturated rings. The SMILES string of the molecule is C=C1C(=O)OC2C=C(CO)C=CC3OC3(C)CC(OC(=O)C=C(C)COC(C)=O)C12. The molecule has 0 radical (unpaired) electrons. The van der Waals surface area contributed by atoms with Crippen LogP contribution in [0.3, 0.4) is 0 Å². The first-order chi connectivity index (χ1) is 14.1. The summed E-state index contributed by atoms with van der Waals surface area (Å²) < 4.78 is 21.8. The standard InChI is InChI=1S/C22H26O8/c1-12(11-27-14(3)24)7-19(25)28-17-9-22(4)18(30-22)6-5-15(10-23)8-16-20(17)13(2)21(26)29-16/h5-8,16-18,20,23H,2,9-11H2,1,3-4H3. The molecule has 2 aliphatic heterocycles. The number of aliphatic hydroxyl groups is 1. The maximum atomic E-state index is 12.5. The lowest BCUT2D eigenvalue weighted by molar-refractivity contribution is -0.147. The number of epoxide rings is 1. The van der Waals surface area contributed by atoms with Crippen LogP contribution in [0.2, 0.25) is 0 Å². The van der Waals surface area contributed by atoms with Gasteiger partial charge in [0.1, 0.15) is 24.9 Å². The highest BCUT2D eigenvalue weighted by Gasteiger charge is 2.56. The van der Waals surface area contributed by atoms with Gasteiger partial charge in [-0.25, -0.2) is 9.59 Å². The van der Waals surface area contributed by atoms with E-state index in [1.165, 1.54) is 13.0 Å². The van der Waals surface area contributed by atoms with Crippen LogP contribution in [0.5, 0.6) is 0 Å². The van der Waals surface area contributed by atoms with Gasteiger partial charge in [-0.3, -0.25) is 4.79 Å². The van der Waals surface area contributed by atoms with Crippen molar-refractivity contribution >= 4 is 17.9 Å². The molecule has 0 aromatic rings. The lowest BCUT2D eigenvalue weighted by Crippen LogP contribution is -2.36. The summed E-state index contributed by atoms with van der Waals surface area (Å²) in [7, 11) is 0. The van der Waals surface area contributed by atoms with Crippen LogP contribution in [0.4, 0.5) is 0 Å². The van der Waals surface area contributed by atoms with E-state index < -0.39 is 41.6 Å². The smallest absolute Gasteiger partial charge is 0.334 e. The van der Waals surface area contributed by atoms with Crippen molar-refractivity contribution in [3.63, 3.8) is 0 Å². The summed E-state index contributed by atoms with van der Waals surface area (Å²) in [5.41, 5.74) is 0.708. The fourth-order valence-corrected chi connectivity index (χ4v) is 3.71. The molecule has 1 aliphatic carbocycles. The Morgan fingerprint density at radius 3 is 2.80 bits per heavy atom. The molecule has 8 nitrogen and oxygen atoms in total. The molecule has 2 saturated heterocycles. The predicted molar refractivity (Wildman–Crippen MR) is 105 cm³/mol. The lowest BCUT2D eigenvalue weighted by atomic mass is 9.83. The molecule has 0 spiro atoms. The molecule has 1 N–H and O–H groups in total. The van der Waals surface area contributed by atoms with Gasteiger partial charge in [0.15, 0.2) is 0 Å². The lowest BCUT2D eigenvalue weighted by Gasteiger charge is -2.27. The van der Waals surface area contributed by atoms with Gasteiger partial charge in [-0.2, -0.15) is 0 Å². The van der Waals surface area contributed by atoms with Crippen molar-refractivity contribution in [1.29, 1.82) is 0 Å². The molecule has 8 heteroatoms. The Hall–Kier alpha value is -2.71. The first-order valence-electron chi connectivity index (χ1n) is 9.71. The molecule has 162 valence electrons. The average molecular weight is 418 g/mol. The van der Waals surface area contributed by atoms with E-state index in [-0.39, 0.29) is 24.9 Å². The summed E-state index contributed by atoms with van der Waals surface area (Å²) in [6.07, 6.45) is 5.15. The molecule has 0 saturated carbocycles. The summed E-state index contributed by atoms with van der Waals surface area (Å²) >= 11 is 0. The number of rotatable bonds is 5. The maximum Gasteiger partial charge on any atom is 0.334 e. The molecule has 30 heavy (non-hydrogen) atoms. The zero-order chi connectivity index (χ0) is 22.1. The Kier molecular flexibility index (Phi) is 6.28. The number of carbonyl (C=O) groups excluding carboxylic acids is 3.